The molecule has 0 aromatic carbocycles. The number of piperazine rings is 1. The van der Waals surface area contributed by atoms with Gasteiger partial charge in [0.05, 0.1) is 6.20 Å². The van der Waals surface area contributed by atoms with E-state index < -0.39 is 0 Å². The van der Waals surface area contributed by atoms with Crippen LogP contribution in [0, 0.1) is 0 Å². The molecule has 0 bridgehead atoms. The number of hydrogen-bond donors (Lipinski definition) is 1. The molecule has 0 unspecified atom stereocenters. The lowest BCUT2D eigenvalue weighted by Crippen LogP contribution is -2.47. The summed E-state index contributed by atoms with van der Waals surface area (Å²) in [6.45, 7) is 4.25. The highest BCUT2D eigenvalue weighted by molar-refractivity contribution is 7.13. The van der Waals surface area contributed by atoms with Crippen LogP contribution in [0.1, 0.15) is 5.56 Å². The van der Waals surface area contributed by atoms with Crippen molar-refractivity contribution in [3.05, 3.63) is 29.4 Å². The molecule has 1 saturated heterocycles. The number of aromatic nitrogens is 3. The monoisotopic (exact) mass is 276 g/mol. The van der Waals surface area contributed by atoms with Crippen molar-refractivity contribution in [2.45, 2.75) is 6.54 Å². The van der Waals surface area contributed by atoms with Gasteiger partial charge in [-0.05, 0) is 6.07 Å². The van der Waals surface area contributed by atoms with Gasteiger partial charge in [0.1, 0.15) is 0 Å². The zero-order valence-electron chi connectivity index (χ0n) is 10.6. The lowest BCUT2D eigenvalue weighted by molar-refractivity contribution is 0.639. The van der Waals surface area contributed by atoms with E-state index in [2.05, 4.69) is 25.0 Å². The Labute approximate surface area is 115 Å². The summed E-state index contributed by atoms with van der Waals surface area (Å²) in [5.41, 5.74) is 6.80. The maximum absolute atomic E-state index is 5.75. The second-order valence-electron chi connectivity index (χ2n) is 4.37. The fraction of sp³-hybridized carbons (Fsp3) is 0.417. The van der Waals surface area contributed by atoms with Crippen LogP contribution in [0.5, 0.6) is 0 Å². The van der Waals surface area contributed by atoms with Crippen molar-refractivity contribution in [3.8, 4) is 0 Å². The number of rotatable bonds is 3. The first-order valence-electron chi connectivity index (χ1n) is 6.28. The predicted molar refractivity (Wildman–Crippen MR) is 76.5 cm³/mol. The molecule has 0 spiro atoms. The van der Waals surface area contributed by atoms with Gasteiger partial charge in [0.15, 0.2) is 10.9 Å². The Balaban J connectivity index is 1.70. The zero-order chi connectivity index (χ0) is 13.1. The van der Waals surface area contributed by atoms with Crippen LogP contribution in [-0.4, -0.2) is 41.4 Å². The molecule has 0 saturated carbocycles. The molecule has 1 aliphatic rings. The Morgan fingerprint density at radius 2 is 1.95 bits per heavy atom. The van der Waals surface area contributed by atoms with Gasteiger partial charge >= 0.3 is 0 Å². The van der Waals surface area contributed by atoms with Gasteiger partial charge < -0.3 is 15.5 Å². The second kappa shape index (κ2) is 5.50. The van der Waals surface area contributed by atoms with Crippen molar-refractivity contribution in [3.63, 3.8) is 0 Å². The maximum Gasteiger partial charge on any atom is 0.185 e. The van der Waals surface area contributed by atoms with Crippen LogP contribution in [-0.2, 0) is 6.54 Å². The molecule has 100 valence electrons. The van der Waals surface area contributed by atoms with Crippen LogP contribution in [0.15, 0.2) is 23.8 Å². The first kappa shape index (κ1) is 12.3. The van der Waals surface area contributed by atoms with E-state index >= 15 is 0 Å². The summed E-state index contributed by atoms with van der Waals surface area (Å²) in [6.07, 6.45) is 3.54. The van der Waals surface area contributed by atoms with Crippen molar-refractivity contribution in [1.82, 2.24) is 15.2 Å². The molecular weight excluding hydrogens is 260 g/mol. The number of nitrogens with zero attached hydrogens (tertiary/aromatic N) is 5. The molecule has 3 rings (SSSR count). The highest BCUT2D eigenvalue weighted by Crippen LogP contribution is 2.22. The van der Waals surface area contributed by atoms with Crippen molar-refractivity contribution in [2.24, 2.45) is 5.73 Å². The Bertz CT molecular complexity index is 521. The fourth-order valence-corrected chi connectivity index (χ4v) is 2.95. The summed E-state index contributed by atoms with van der Waals surface area (Å²) < 4.78 is 0. The molecule has 3 heterocycles. The first-order valence-corrected chi connectivity index (χ1v) is 7.16. The molecule has 0 aliphatic carbocycles. The third-order valence-electron chi connectivity index (χ3n) is 3.27. The summed E-state index contributed by atoms with van der Waals surface area (Å²) in [5, 5.41) is 11.3. The standard InChI is InChI=1S/C12H16N6S/c13-9-10-1-2-15-16-11(10)17-4-6-18(7-5-17)12-14-3-8-19-12/h1-3,8H,4-7,9,13H2. The van der Waals surface area contributed by atoms with Crippen molar-refractivity contribution in [1.29, 1.82) is 0 Å². The van der Waals surface area contributed by atoms with E-state index in [1.807, 2.05) is 17.6 Å². The molecule has 7 heteroatoms. The van der Waals surface area contributed by atoms with Gasteiger partial charge in [-0.1, -0.05) is 0 Å². The van der Waals surface area contributed by atoms with E-state index in [-0.39, 0.29) is 0 Å². The first-order chi connectivity index (χ1) is 9.38. The van der Waals surface area contributed by atoms with Crippen LogP contribution >= 0.6 is 11.3 Å². The van der Waals surface area contributed by atoms with Crippen molar-refractivity contribution < 1.29 is 0 Å². The molecule has 0 atom stereocenters. The molecule has 19 heavy (non-hydrogen) atoms. The number of nitrogens with two attached hydrogens (primary N) is 1. The van der Waals surface area contributed by atoms with Crippen molar-refractivity contribution in [2.75, 3.05) is 36.0 Å². The van der Waals surface area contributed by atoms with Gasteiger partial charge in [0.2, 0.25) is 0 Å². The third-order valence-corrected chi connectivity index (χ3v) is 4.10. The van der Waals surface area contributed by atoms with E-state index in [0.717, 1.165) is 42.7 Å². The van der Waals surface area contributed by atoms with Gasteiger partial charge in [-0.15, -0.1) is 16.4 Å². The predicted octanol–water partition coefficient (Wildman–Crippen LogP) is 0.718. The van der Waals surface area contributed by atoms with Gasteiger partial charge in [-0.2, -0.15) is 5.10 Å². The van der Waals surface area contributed by atoms with Crippen LogP contribution in [0.4, 0.5) is 10.9 Å². The molecule has 2 N–H and O–H groups in total. The molecular formula is C12H16N6S. The summed E-state index contributed by atoms with van der Waals surface area (Å²) in [6, 6.07) is 1.94. The average Bonchev–Trinajstić information content (AvgIpc) is 3.02. The van der Waals surface area contributed by atoms with Gasteiger partial charge in [0, 0.05) is 49.9 Å². The minimum atomic E-state index is 0.498. The van der Waals surface area contributed by atoms with E-state index in [4.69, 9.17) is 5.73 Å². The molecule has 6 nitrogen and oxygen atoms in total. The molecule has 1 fully saturated rings. The van der Waals surface area contributed by atoms with E-state index in [1.165, 1.54) is 0 Å². The molecule has 2 aromatic rings. The smallest absolute Gasteiger partial charge is 0.185 e. The normalized spacial score (nSPS) is 15.8. The van der Waals surface area contributed by atoms with Gasteiger partial charge in [-0.3, -0.25) is 0 Å². The van der Waals surface area contributed by atoms with E-state index in [0.29, 0.717) is 6.54 Å². The quantitative estimate of drug-likeness (QED) is 0.890. The van der Waals surface area contributed by atoms with Crippen molar-refractivity contribution >= 4 is 22.3 Å². The van der Waals surface area contributed by atoms with E-state index in [9.17, 15) is 0 Å². The highest BCUT2D eigenvalue weighted by Gasteiger charge is 2.21. The summed E-state index contributed by atoms with van der Waals surface area (Å²) >= 11 is 1.68. The number of hydrogen-bond acceptors (Lipinski definition) is 7. The Morgan fingerprint density at radius 3 is 2.63 bits per heavy atom. The lowest BCUT2D eigenvalue weighted by Gasteiger charge is -2.35. The maximum atomic E-state index is 5.75. The largest absolute Gasteiger partial charge is 0.351 e. The SMILES string of the molecule is NCc1ccnnc1N1CCN(c2nccs2)CC1. The third kappa shape index (κ3) is 2.52. The Morgan fingerprint density at radius 1 is 1.16 bits per heavy atom. The van der Waals surface area contributed by atoms with E-state index in [1.54, 1.807) is 17.5 Å². The minimum absolute atomic E-state index is 0.498. The molecule has 0 radical (unpaired) electrons. The van der Waals surface area contributed by atoms with Crippen LogP contribution in [0.3, 0.4) is 0 Å². The average molecular weight is 276 g/mol. The fourth-order valence-electron chi connectivity index (χ4n) is 2.26. The van der Waals surface area contributed by atoms with Gasteiger partial charge in [-0.25, -0.2) is 4.98 Å². The van der Waals surface area contributed by atoms with Crippen LogP contribution < -0.4 is 15.5 Å². The topological polar surface area (TPSA) is 71.2 Å². The number of anilines is 2. The van der Waals surface area contributed by atoms with Crippen LogP contribution in [0.2, 0.25) is 0 Å². The lowest BCUT2D eigenvalue weighted by atomic mass is 10.2. The summed E-state index contributed by atoms with van der Waals surface area (Å²) in [5.74, 6) is 0.920. The number of thiazole rings is 1. The zero-order valence-corrected chi connectivity index (χ0v) is 11.4. The highest BCUT2D eigenvalue weighted by atomic mass is 32.1. The molecule has 1 aliphatic heterocycles. The van der Waals surface area contributed by atoms with Gasteiger partial charge in [0.25, 0.3) is 0 Å². The Hall–Kier alpha value is -1.73. The van der Waals surface area contributed by atoms with Crippen LogP contribution in [0.25, 0.3) is 0 Å². The minimum Gasteiger partial charge on any atom is -0.351 e. The summed E-state index contributed by atoms with van der Waals surface area (Å²) in [4.78, 5) is 8.90. The second-order valence-corrected chi connectivity index (χ2v) is 5.25. The molecule has 0 amide bonds. The molecule has 2 aromatic heterocycles. The summed E-state index contributed by atoms with van der Waals surface area (Å²) in [7, 11) is 0. The Kier molecular flexibility index (Phi) is 3.56.